The van der Waals surface area contributed by atoms with Gasteiger partial charge in [-0.1, -0.05) is 36.4 Å². The number of fused-ring (bicyclic) bond motifs is 1. The molecule has 3 rings (SSSR count). The van der Waals surface area contributed by atoms with Gasteiger partial charge in [0.1, 0.15) is 0 Å². The van der Waals surface area contributed by atoms with Crippen LogP contribution in [0.1, 0.15) is 29.6 Å². The van der Waals surface area contributed by atoms with Crippen molar-refractivity contribution >= 4 is 16.7 Å². The van der Waals surface area contributed by atoms with Gasteiger partial charge in [-0.3, -0.25) is 4.79 Å². The Kier molecular flexibility index (Phi) is 3.70. The molecule has 0 aromatic heterocycles. The molecule has 20 heavy (non-hydrogen) atoms. The van der Waals surface area contributed by atoms with E-state index in [1.165, 1.54) is 6.42 Å². The maximum Gasteiger partial charge on any atom is 0.254 e. The summed E-state index contributed by atoms with van der Waals surface area (Å²) in [4.78, 5) is 14.8. The number of hydrogen-bond acceptors (Lipinski definition) is 2. The van der Waals surface area contributed by atoms with E-state index in [1.54, 1.807) is 0 Å². The summed E-state index contributed by atoms with van der Waals surface area (Å²) in [5, 5.41) is 2.14. The average molecular weight is 268 g/mol. The molecular weight excluding hydrogens is 248 g/mol. The summed E-state index contributed by atoms with van der Waals surface area (Å²) < 4.78 is 0. The molecule has 0 saturated heterocycles. The Labute approximate surface area is 119 Å². The SMILES string of the molecule is NCCN(C(=O)c1cccc2ccccc12)C1CCC1. The molecule has 0 atom stereocenters. The van der Waals surface area contributed by atoms with Crippen molar-refractivity contribution in [2.24, 2.45) is 5.73 Å². The normalized spacial score (nSPS) is 15.1. The van der Waals surface area contributed by atoms with E-state index in [1.807, 2.05) is 47.4 Å². The molecule has 0 bridgehead atoms. The average Bonchev–Trinajstić information content (AvgIpc) is 2.43. The Morgan fingerprint density at radius 1 is 1.15 bits per heavy atom. The van der Waals surface area contributed by atoms with Crippen LogP contribution in [-0.4, -0.2) is 29.9 Å². The van der Waals surface area contributed by atoms with E-state index in [2.05, 4.69) is 0 Å². The summed E-state index contributed by atoms with van der Waals surface area (Å²) in [5.74, 6) is 0.122. The summed E-state index contributed by atoms with van der Waals surface area (Å²) >= 11 is 0. The molecule has 1 amide bonds. The lowest BCUT2D eigenvalue weighted by molar-refractivity contribution is 0.0591. The molecule has 0 radical (unpaired) electrons. The highest BCUT2D eigenvalue weighted by atomic mass is 16.2. The Hall–Kier alpha value is -1.87. The van der Waals surface area contributed by atoms with E-state index in [0.717, 1.165) is 29.2 Å². The Balaban J connectivity index is 1.98. The largest absolute Gasteiger partial charge is 0.334 e. The first-order chi connectivity index (χ1) is 9.81. The summed E-state index contributed by atoms with van der Waals surface area (Å²) in [5.41, 5.74) is 6.48. The van der Waals surface area contributed by atoms with E-state index in [9.17, 15) is 4.79 Å². The monoisotopic (exact) mass is 268 g/mol. The number of amides is 1. The van der Waals surface area contributed by atoms with Crippen molar-refractivity contribution in [3.8, 4) is 0 Å². The first-order valence-corrected chi connectivity index (χ1v) is 7.30. The van der Waals surface area contributed by atoms with Crippen LogP contribution in [0.3, 0.4) is 0 Å². The zero-order chi connectivity index (χ0) is 13.9. The van der Waals surface area contributed by atoms with Gasteiger partial charge >= 0.3 is 0 Å². The van der Waals surface area contributed by atoms with Crippen molar-refractivity contribution in [2.75, 3.05) is 13.1 Å². The topological polar surface area (TPSA) is 46.3 Å². The van der Waals surface area contributed by atoms with E-state index in [0.29, 0.717) is 19.1 Å². The molecule has 0 spiro atoms. The Morgan fingerprint density at radius 3 is 2.60 bits per heavy atom. The van der Waals surface area contributed by atoms with Gasteiger partial charge in [-0.05, 0) is 36.1 Å². The Bertz CT molecular complexity index is 614. The number of nitrogens with zero attached hydrogens (tertiary/aromatic N) is 1. The molecule has 1 saturated carbocycles. The summed E-state index contributed by atoms with van der Waals surface area (Å²) in [6.45, 7) is 1.17. The number of carbonyl (C=O) groups is 1. The van der Waals surface area contributed by atoms with Crippen molar-refractivity contribution in [2.45, 2.75) is 25.3 Å². The van der Waals surface area contributed by atoms with Gasteiger partial charge < -0.3 is 10.6 Å². The van der Waals surface area contributed by atoms with Crippen LogP contribution in [0.2, 0.25) is 0 Å². The van der Waals surface area contributed by atoms with Crippen LogP contribution in [0, 0.1) is 0 Å². The quantitative estimate of drug-likeness (QED) is 0.926. The number of hydrogen-bond donors (Lipinski definition) is 1. The van der Waals surface area contributed by atoms with Crippen LogP contribution < -0.4 is 5.73 Å². The molecule has 0 aliphatic heterocycles. The molecule has 1 aliphatic rings. The van der Waals surface area contributed by atoms with Crippen LogP contribution in [0.5, 0.6) is 0 Å². The van der Waals surface area contributed by atoms with Crippen LogP contribution in [0.25, 0.3) is 10.8 Å². The molecule has 0 heterocycles. The van der Waals surface area contributed by atoms with Crippen LogP contribution in [-0.2, 0) is 0 Å². The molecule has 2 aromatic carbocycles. The lowest BCUT2D eigenvalue weighted by atomic mass is 9.90. The molecule has 1 fully saturated rings. The lowest BCUT2D eigenvalue weighted by Crippen LogP contribution is -2.46. The predicted molar refractivity (Wildman–Crippen MR) is 81.7 cm³/mol. The first-order valence-electron chi connectivity index (χ1n) is 7.30. The standard InChI is InChI=1S/C17H20N2O/c18-11-12-19(14-7-4-8-14)17(20)16-10-3-6-13-5-1-2-9-15(13)16/h1-3,5-6,9-10,14H,4,7-8,11-12,18H2. The van der Waals surface area contributed by atoms with Crippen molar-refractivity contribution in [1.29, 1.82) is 0 Å². The van der Waals surface area contributed by atoms with E-state index in [4.69, 9.17) is 5.73 Å². The molecule has 2 aromatic rings. The third-order valence-electron chi connectivity index (χ3n) is 4.17. The Morgan fingerprint density at radius 2 is 1.90 bits per heavy atom. The van der Waals surface area contributed by atoms with Crippen molar-refractivity contribution in [1.82, 2.24) is 4.90 Å². The van der Waals surface area contributed by atoms with Gasteiger partial charge in [-0.15, -0.1) is 0 Å². The third-order valence-corrected chi connectivity index (χ3v) is 4.17. The minimum atomic E-state index is 0.122. The number of benzene rings is 2. The molecule has 1 aliphatic carbocycles. The van der Waals surface area contributed by atoms with Crippen LogP contribution >= 0.6 is 0 Å². The highest BCUT2D eigenvalue weighted by Crippen LogP contribution is 2.27. The van der Waals surface area contributed by atoms with Crippen molar-refractivity contribution in [3.63, 3.8) is 0 Å². The maximum atomic E-state index is 12.9. The van der Waals surface area contributed by atoms with Gasteiger partial charge in [0.15, 0.2) is 0 Å². The summed E-state index contributed by atoms with van der Waals surface area (Å²) in [6.07, 6.45) is 3.43. The fourth-order valence-corrected chi connectivity index (χ4v) is 2.85. The second-order valence-electron chi connectivity index (χ2n) is 5.40. The zero-order valence-electron chi connectivity index (χ0n) is 11.6. The second-order valence-corrected chi connectivity index (χ2v) is 5.40. The minimum absolute atomic E-state index is 0.122. The molecule has 0 unspecified atom stereocenters. The van der Waals surface area contributed by atoms with Gasteiger partial charge in [0.05, 0.1) is 0 Å². The molecule has 3 nitrogen and oxygen atoms in total. The number of rotatable bonds is 4. The fourth-order valence-electron chi connectivity index (χ4n) is 2.85. The maximum absolute atomic E-state index is 12.9. The van der Waals surface area contributed by atoms with Crippen LogP contribution in [0.15, 0.2) is 42.5 Å². The predicted octanol–water partition coefficient (Wildman–Crippen LogP) is 2.79. The van der Waals surface area contributed by atoms with Crippen molar-refractivity contribution < 1.29 is 4.79 Å². The highest BCUT2D eigenvalue weighted by Gasteiger charge is 2.29. The van der Waals surface area contributed by atoms with Gasteiger partial charge in [-0.2, -0.15) is 0 Å². The smallest absolute Gasteiger partial charge is 0.254 e. The summed E-state index contributed by atoms with van der Waals surface area (Å²) in [7, 11) is 0. The molecule has 2 N–H and O–H groups in total. The molecule has 3 heteroatoms. The minimum Gasteiger partial charge on any atom is -0.334 e. The molecule has 104 valence electrons. The number of nitrogens with two attached hydrogens (primary N) is 1. The van der Waals surface area contributed by atoms with Gasteiger partial charge in [0.2, 0.25) is 0 Å². The summed E-state index contributed by atoms with van der Waals surface area (Å²) in [6, 6.07) is 14.3. The highest BCUT2D eigenvalue weighted by molar-refractivity contribution is 6.07. The first kappa shape index (κ1) is 13.1. The third kappa shape index (κ3) is 2.29. The van der Waals surface area contributed by atoms with E-state index < -0.39 is 0 Å². The van der Waals surface area contributed by atoms with Gasteiger partial charge in [0.25, 0.3) is 5.91 Å². The zero-order valence-corrected chi connectivity index (χ0v) is 11.6. The van der Waals surface area contributed by atoms with Gasteiger partial charge in [0, 0.05) is 24.7 Å². The van der Waals surface area contributed by atoms with E-state index in [-0.39, 0.29) is 5.91 Å². The van der Waals surface area contributed by atoms with Crippen LogP contribution in [0.4, 0.5) is 0 Å². The van der Waals surface area contributed by atoms with E-state index >= 15 is 0 Å². The fraction of sp³-hybridized carbons (Fsp3) is 0.353. The number of carbonyl (C=O) groups excluding carboxylic acids is 1. The lowest BCUT2D eigenvalue weighted by Gasteiger charge is -2.37. The molecular formula is C17H20N2O. The van der Waals surface area contributed by atoms with Crippen molar-refractivity contribution in [3.05, 3.63) is 48.0 Å². The van der Waals surface area contributed by atoms with Gasteiger partial charge in [-0.25, -0.2) is 0 Å². The second kappa shape index (κ2) is 5.63.